The van der Waals surface area contributed by atoms with Crippen molar-refractivity contribution in [3.8, 4) is 0 Å². The molecule has 120 valence electrons. The Morgan fingerprint density at radius 1 is 0.909 bits per heavy atom. The van der Waals surface area contributed by atoms with Gasteiger partial charge in [-0.15, -0.1) is 0 Å². The van der Waals surface area contributed by atoms with Gasteiger partial charge in [0.2, 0.25) is 11.8 Å². The van der Waals surface area contributed by atoms with Crippen LogP contribution in [0.4, 0.5) is 0 Å². The molecule has 0 saturated carbocycles. The zero-order valence-corrected chi connectivity index (χ0v) is 12.9. The summed E-state index contributed by atoms with van der Waals surface area (Å²) in [5.74, 6) is -0.534. The zero-order chi connectivity index (χ0) is 16.2. The fourth-order valence-electron chi connectivity index (χ4n) is 1.74. The third kappa shape index (κ3) is 7.42. The van der Waals surface area contributed by atoms with Crippen molar-refractivity contribution in [3.05, 3.63) is 35.9 Å². The first kappa shape index (κ1) is 17.7. The van der Waals surface area contributed by atoms with E-state index in [9.17, 15) is 14.4 Å². The van der Waals surface area contributed by atoms with Gasteiger partial charge in [-0.2, -0.15) is 0 Å². The molecule has 0 heterocycles. The van der Waals surface area contributed by atoms with Gasteiger partial charge in [0.15, 0.2) is 0 Å². The summed E-state index contributed by atoms with van der Waals surface area (Å²) in [4.78, 5) is 34.6. The lowest BCUT2D eigenvalue weighted by Gasteiger charge is -2.07. The summed E-state index contributed by atoms with van der Waals surface area (Å²) in [6, 6.07) is 8.91. The van der Waals surface area contributed by atoms with Gasteiger partial charge in [0.25, 0.3) is 5.91 Å². The number of amides is 3. The van der Waals surface area contributed by atoms with E-state index in [0.29, 0.717) is 25.1 Å². The predicted molar refractivity (Wildman–Crippen MR) is 84.3 cm³/mol. The molecule has 22 heavy (non-hydrogen) atoms. The molecule has 1 rings (SSSR count). The number of carbonyl (C=O) groups excluding carboxylic acids is 3. The van der Waals surface area contributed by atoms with Gasteiger partial charge in [-0.05, 0) is 25.0 Å². The molecule has 0 bridgehead atoms. The van der Waals surface area contributed by atoms with E-state index in [4.69, 9.17) is 0 Å². The van der Waals surface area contributed by atoms with Crippen molar-refractivity contribution < 1.29 is 14.4 Å². The maximum absolute atomic E-state index is 11.7. The average molecular weight is 305 g/mol. The molecular weight excluding hydrogens is 282 g/mol. The monoisotopic (exact) mass is 305 g/mol. The van der Waals surface area contributed by atoms with Crippen LogP contribution in [-0.2, 0) is 9.59 Å². The van der Waals surface area contributed by atoms with Crippen LogP contribution >= 0.6 is 0 Å². The minimum atomic E-state index is -0.194. The number of benzene rings is 1. The molecule has 3 N–H and O–H groups in total. The van der Waals surface area contributed by atoms with Crippen molar-refractivity contribution in [2.75, 3.05) is 19.6 Å². The lowest BCUT2D eigenvalue weighted by atomic mass is 10.2. The van der Waals surface area contributed by atoms with Gasteiger partial charge in [0, 0.05) is 25.1 Å². The first-order valence-electron chi connectivity index (χ1n) is 7.50. The largest absolute Gasteiger partial charge is 0.355 e. The first-order chi connectivity index (χ1) is 10.6. The topological polar surface area (TPSA) is 87.3 Å². The summed E-state index contributed by atoms with van der Waals surface area (Å²) in [6.45, 7) is 2.99. The molecule has 6 heteroatoms. The number of hydrogen-bond acceptors (Lipinski definition) is 3. The molecule has 0 radical (unpaired) electrons. The molecule has 0 saturated heterocycles. The van der Waals surface area contributed by atoms with Crippen LogP contribution in [0.1, 0.15) is 36.5 Å². The van der Waals surface area contributed by atoms with E-state index in [1.807, 2.05) is 13.0 Å². The molecular formula is C16H23N3O3. The van der Waals surface area contributed by atoms with Crippen LogP contribution in [0.25, 0.3) is 0 Å². The van der Waals surface area contributed by atoms with E-state index in [-0.39, 0.29) is 30.7 Å². The molecule has 3 amide bonds. The van der Waals surface area contributed by atoms with Crippen LogP contribution in [0.2, 0.25) is 0 Å². The van der Waals surface area contributed by atoms with Crippen LogP contribution in [0.3, 0.4) is 0 Å². The Labute approximate surface area is 130 Å². The second-order valence-electron chi connectivity index (χ2n) is 4.85. The van der Waals surface area contributed by atoms with Crippen LogP contribution in [0.5, 0.6) is 0 Å². The van der Waals surface area contributed by atoms with E-state index in [1.165, 1.54) is 0 Å². The Morgan fingerprint density at radius 2 is 1.64 bits per heavy atom. The second kappa shape index (κ2) is 10.4. The van der Waals surface area contributed by atoms with Crippen LogP contribution < -0.4 is 16.0 Å². The highest BCUT2D eigenvalue weighted by molar-refractivity contribution is 5.94. The van der Waals surface area contributed by atoms with Gasteiger partial charge in [-0.1, -0.05) is 25.1 Å². The summed E-state index contributed by atoms with van der Waals surface area (Å²) in [6.07, 6.45) is 1.66. The maximum Gasteiger partial charge on any atom is 0.251 e. The smallest absolute Gasteiger partial charge is 0.251 e. The standard InChI is InChI=1S/C16H23N3O3/c1-2-10-17-15(21)12-19-14(20)9-6-11-18-16(22)13-7-4-3-5-8-13/h3-5,7-8H,2,6,9-12H2,1H3,(H,17,21)(H,18,22)(H,19,20). The van der Waals surface area contributed by atoms with Crippen molar-refractivity contribution in [3.63, 3.8) is 0 Å². The normalized spacial score (nSPS) is 9.86. The third-order valence-electron chi connectivity index (χ3n) is 2.92. The summed E-state index contributed by atoms with van der Waals surface area (Å²) in [5.41, 5.74) is 0.597. The Balaban J connectivity index is 2.10. The zero-order valence-electron chi connectivity index (χ0n) is 12.9. The quantitative estimate of drug-likeness (QED) is 0.591. The molecule has 0 aliphatic heterocycles. The van der Waals surface area contributed by atoms with Crippen LogP contribution in [0, 0.1) is 0 Å². The highest BCUT2D eigenvalue weighted by Crippen LogP contribution is 1.98. The minimum absolute atomic E-state index is 0.00475. The van der Waals surface area contributed by atoms with Gasteiger partial charge in [-0.3, -0.25) is 14.4 Å². The van der Waals surface area contributed by atoms with Gasteiger partial charge < -0.3 is 16.0 Å². The number of rotatable bonds is 9. The Morgan fingerprint density at radius 3 is 2.32 bits per heavy atom. The Kier molecular flexibility index (Phi) is 8.33. The van der Waals surface area contributed by atoms with Gasteiger partial charge in [0.1, 0.15) is 0 Å². The van der Waals surface area contributed by atoms with Crippen molar-refractivity contribution in [1.29, 1.82) is 0 Å². The average Bonchev–Trinajstić information content (AvgIpc) is 2.55. The molecule has 0 unspecified atom stereocenters. The summed E-state index contributed by atoms with van der Waals surface area (Å²) < 4.78 is 0. The third-order valence-corrected chi connectivity index (χ3v) is 2.92. The molecule has 1 aromatic rings. The lowest BCUT2D eigenvalue weighted by molar-refractivity contribution is -0.126. The molecule has 0 atom stereocenters. The fourth-order valence-corrected chi connectivity index (χ4v) is 1.74. The molecule has 1 aromatic carbocycles. The van der Waals surface area contributed by atoms with Gasteiger partial charge in [-0.25, -0.2) is 0 Å². The lowest BCUT2D eigenvalue weighted by Crippen LogP contribution is -2.37. The molecule has 6 nitrogen and oxygen atoms in total. The molecule has 0 aromatic heterocycles. The molecule has 0 aliphatic carbocycles. The molecule has 0 fully saturated rings. The van der Waals surface area contributed by atoms with Crippen LogP contribution in [-0.4, -0.2) is 37.4 Å². The minimum Gasteiger partial charge on any atom is -0.355 e. The van der Waals surface area contributed by atoms with E-state index >= 15 is 0 Å². The number of carbonyl (C=O) groups is 3. The highest BCUT2D eigenvalue weighted by Gasteiger charge is 2.06. The maximum atomic E-state index is 11.7. The van der Waals surface area contributed by atoms with Crippen molar-refractivity contribution in [2.45, 2.75) is 26.2 Å². The summed E-state index contributed by atoms with van der Waals surface area (Å²) in [7, 11) is 0. The Bertz CT molecular complexity index is 489. The van der Waals surface area contributed by atoms with E-state index < -0.39 is 0 Å². The van der Waals surface area contributed by atoms with E-state index in [0.717, 1.165) is 6.42 Å². The Hall–Kier alpha value is -2.37. The second-order valence-corrected chi connectivity index (χ2v) is 4.85. The first-order valence-corrected chi connectivity index (χ1v) is 7.50. The van der Waals surface area contributed by atoms with Crippen molar-refractivity contribution >= 4 is 17.7 Å². The summed E-state index contributed by atoms with van der Waals surface area (Å²) in [5, 5.41) is 7.97. The van der Waals surface area contributed by atoms with Crippen molar-refractivity contribution in [2.24, 2.45) is 0 Å². The van der Waals surface area contributed by atoms with Gasteiger partial charge >= 0.3 is 0 Å². The van der Waals surface area contributed by atoms with Crippen molar-refractivity contribution in [1.82, 2.24) is 16.0 Å². The van der Waals surface area contributed by atoms with E-state index in [2.05, 4.69) is 16.0 Å². The summed E-state index contributed by atoms with van der Waals surface area (Å²) >= 11 is 0. The number of hydrogen-bond donors (Lipinski definition) is 3. The van der Waals surface area contributed by atoms with Crippen LogP contribution in [0.15, 0.2) is 30.3 Å². The van der Waals surface area contributed by atoms with E-state index in [1.54, 1.807) is 24.3 Å². The molecule has 0 spiro atoms. The fraction of sp³-hybridized carbons (Fsp3) is 0.438. The molecule has 0 aliphatic rings. The predicted octanol–water partition coefficient (Wildman–Crippen LogP) is 0.839. The van der Waals surface area contributed by atoms with Gasteiger partial charge in [0.05, 0.1) is 6.54 Å². The highest BCUT2D eigenvalue weighted by atomic mass is 16.2. The number of nitrogens with one attached hydrogen (secondary N) is 3. The SMILES string of the molecule is CCCNC(=O)CNC(=O)CCCNC(=O)c1ccccc1.